The van der Waals surface area contributed by atoms with Crippen LogP contribution in [0.15, 0.2) is 0 Å². The van der Waals surface area contributed by atoms with Crippen molar-refractivity contribution in [2.45, 2.75) is 65.8 Å². The quantitative estimate of drug-likeness (QED) is 0.780. The molecule has 0 spiro atoms. The number of amides is 1. The van der Waals surface area contributed by atoms with E-state index in [1.807, 2.05) is 0 Å². The van der Waals surface area contributed by atoms with Crippen molar-refractivity contribution in [3.63, 3.8) is 0 Å². The summed E-state index contributed by atoms with van der Waals surface area (Å²) in [5.74, 6) is 0.733. The number of ether oxygens (including phenoxy) is 1. The minimum absolute atomic E-state index is 0.253. The molecule has 0 aromatic heterocycles. The topological polar surface area (TPSA) is 38.3 Å². The maximum absolute atomic E-state index is 10.7. The first kappa shape index (κ1) is 15.3. The average Bonchev–Trinajstić information content (AvgIpc) is 2.64. The molecule has 1 amide bonds. The lowest BCUT2D eigenvalue weighted by Crippen LogP contribution is -2.28. The van der Waals surface area contributed by atoms with Crippen LogP contribution in [0.5, 0.6) is 0 Å². The van der Waals surface area contributed by atoms with Gasteiger partial charge in [0.25, 0.3) is 0 Å². The summed E-state index contributed by atoms with van der Waals surface area (Å²) in [7, 11) is 0. The highest BCUT2D eigenvalue weighted by Gasteiger charge is 2.24. The third-order valence-electron chi connectivity index (χ3n) is 2.63. The van der Waals surface area contributed by atoms with Crippen molar-refractivity contribution in [3.05, 3.63) is 0 Å². The van der Waals surface area contributed by atoms with Crippen LogP contribution in [0.3, 0.4) is 0 Å². The van der Waals surface area contributed by atoms with E-state index in [2.05, 4.69) is 33.0 Å². The Morgan fingerprint density at radius 1 is 1.38 bits per heavy atom. The van der Waals surface area contributed by atoms with Gasteiger partial charge in [-0.1, -0.05) is 53.4 Å². The van der Waals surface area contributed by atoms with Crippen LogP contribution in [0, 0.1) is 5.92 Å². The minimum Gasteiger partial charge on any atom is -0.447 e. The highest BCUT2D eigenvalue weighted by atomic mass is 16.6. The zero-order valence-electron chi connectivity index (χ0n) is 11.2. The van der Waals surface area contributed by atoms with Gasteiger partial charge in [0.1, 0.15) is 6.61 Å². The van der Waals surface area contributed by atoms with Crippen LogP contribution in [-0.4, -0.2) is 18.7 Å². The first-order valence-corrected chi connectivity index (χ1v) is 6.61. The predicted octanol–water partition coefficient (Wildman–Crippen LogP) is 3.73. The van der Waals surface area contributed by atoms with Crippen molar-refractivity contribution in [3.8, 4) is 0 Å². The van der Waals surface area contributed by atoms with Gasteiger partial charge in [-0.2, -0.15) is 0 Å². The number of rotatable bonds is 5. The lowest BCUT2D eigenvalue weighted by Gasteiger charge is -2.16. The molecule has 0 bridgehead atoms. The Labute approximate surface area is 99.9 Å². The second-order valence-corrected chi connectivity index (χ2v) is 4.45. The molecule has 1 rings (SSSR count). The van der Waals surface area contributed by atoms with Crippen LogP contribution >= 0.6 is 0 Å². The normalized spacial score (nSPS) is 20.5. The first-order chi connectivity index (χ1) is 7.67. The van der Waals surface area contributed by atoms with Gasteiger partial charge in [0.15, 0.2) is 0 Å². The Morgan fingerprint density at radius 2 is 2.00 bits per heavy atom. The zero-order valence-corrected chi connectivity index (χ0v) is 11.2. The van der Waals surface area contributed by atoms with E-state index in [0.717, 1.165) is 12.3 Å². The molecular weight excluding hydrogens is 202 g/mol. The van der Waals surface area contributed by atoms with Crippen molar-refractivity contribution in [1.82, 2.24) is 5.32 Å². The lowest BCUT2D eigenvalue weighted by molar-refractivity contribution is 0.176. The summed E-state index contributed by atoms with van der Waals surface area (Å²) < 4.78 is 4.84. The zero-order chi connectivity index (χ0) is 12.4. The van der Waals surface area contributed by atoms with Crippen molar-refractivity contribution in [1.29, 1.82) is 0 Å². The number of cyclic esters (lactones) is 1. The molecule has 1 N–H and O–H groups in total. The number of hydrogen-bond donors (Lipinski definition) is 1. The number of carbonyl (C=O) groups excluding carboxylic acids is 1. The van der Waals surface area contributed by atoms with Crippen LogP contribution in [0.4, 0.5) is 4.79 Å². The largest absolute Gasteiger partial charge is 0.447 e. The van der Waals surface area contributed by atoms with Gasteiger partial charge in [-0.15, -0.1) is 0 Å². The van der Waals surface area contributed by atoms with Gasteiger partial charge < -0.3 is 10.1 Å². The van der Waals surface area contributed by atoms with Crippen LogP contribution in [0.2, 0.25) is 0 Å². The second kappa shape index (κ2) is 9.49. The van der Waals surface area contributed by atoms with Crippen molar-refractivity contribution >= 4 is 6.09 Å². The predicted molar refractivity (Wildman–Crippen MR) is 67.5 cm³/mol. The second-order valence-electron chi connectivity index (χ2n) is 4.45. The molecule has 16 heavy (non-hydrogen) atoms. The molecule has 3 heteroatoms. The van der Waals surface area contributed by atoms with Gasteiger partial charge in [-0.25, -0.2) is 4.79 Å². The molecule has 3 nitrogen and oxygen atoms in total. The van der Waals surface area contributed by atoms with E-state index >= 15 is 0 Å². The molecular formula is C13H27NO2. The van der Waals surface area contributed by atoms with Gasteiger partial charge in [0.2, 0.25) is 0 Å². The first-order valence-electron chi connectivity index (χ1n) is 6.61. The molecule has 1 aliphatic rings. The summed E-state index contributed by atoms with van der Waals surface area (Å²) in [5.41, 5.74) is 0. The lowest BCUT2D eigenvalue weighted by atomic mass is 9.93. The van der Waals surface area contributed by atoms with E-state index in [1.165, 1.54) is 25.7 Å². The molecule has 1 aliphatic heterocycles. The van der Waals surface area contributed by atoms with E-state index in [4.69, 9.17) is 4.74 Å². The molecule has 1 heterocycles. The summed E-state index contributed by atoms with van der Waals surface area (Å²) in [4.78, 5) is 10.7. The minimum atomic E-state index is -0.253. The van der Waals surface area contributed by atoms with Crippen LogP contribution < -0.4 is 5.32 Å². The van der Waals surface area contributed by atoms with Crippen molar-refractivity contribution in [2.24, 2.45) is 5.92 Å². The number of nitrogens with one attached hydrogen (secondary N) is 1. The fourth-order valence-electron chi connectivity index (χ4n) is 1.85. The summed E-state index contributed by atoms with van der Waals surface area (Å²) in [6, 6.07) is 0.254. The number of alkyl carbamates (subject to hydrolysis) is 1. The number of carbonyl (C=O) groups is 1. The van der Waals surface area contributed by atoms with Crippen LogP contribution in [-0.2, 0) is 4.74 Å². The van der Waals surface area contributed by atoms with Crippen LogP contribution in [0.1, 0.15) is 59.8 Å². The molecule has 2 atom stereocenters. The molecule has 1 fully saturated rings. The van der Waals surface area contributed by atoms with Gasteiger partial charge in [0.05, 0.1) is 6.04 Å². The molecule has 1 saturated heterocycles. The molecule has 0 radical (unpaired) electrons. The summed E-state index contributed by atoms with van der Waals surface area (Å²) in [5, 5.41) is 2.82. The Hall–Kier alpha value is -0.730. The van der Waals surface area contributed by atoms with Gasteiger partial charge in [-0.3, -0.25) is 0 Å². The fourth-order valence-corrected chi connectivity index (χ4v) is 1.85. The highest BCUT2D eigenvalue weighted by Crippen LogP contribution is 2.18. The Bertz CT molecular complexity index is 183. The third kappa shape index (κ3) is 6.70. The molecule has 96 valence electrons. The molecule has 0 aromatic carbocycles. The van der Waals surface area contributed by atoms with Crippen LogP contribution in [0.25, 0.3) is 0 Å². The van der Waals surface area contributed by atoms with E-state index in [0.29, 0.717) is 6.61 Å². The Balaban J connectivity index is 0.000000673. The smallest absolute Gasteiger partial charge is 0.407 e. The number of hydrogen-bond acceptors (Lipinski definition) is 2. The SMILES string of the molecule is CCC.CCCC(CC)CC1COC(=O)N1. The molecule has 0 saturated carbocycles. The maximum atomic E-state index is 10.7. The summed E-state index contributed by atoms with van der Waals surface area (Å²) in [6.07, 6.45) is 5.73. The van der Waals surface area contributed by atoms with Gasteiger partial charge in [-0.05, 0) is 12.3 Å². The average molecular weight is 229 g/mol. The van der Waals surface area contributed by atoms with E-state index in [-0.39, 0.29) is 12.1 Å². The summed E-state index contributed by atoms with van der Waals surface area (Å²) in [6.45, 7) is 9.21. The Kier molecular flexibility index (Phi) is 9.06. The van der Waals surface area contributed by atoms with Crippen molar-refractivity contribution in [2.75, 3.05) is 6.61 Å². The van der Waals surface area contributed by atoms with Gasteiger partial charge >= 0.3 is 6.09 Å². The molecule has 0 aromatic rings. The fraction of sp³-hybridized carbons (Fsp3) is 0.923. The Morgan fingerprint density at radius 3 is 2.38 bits per heavy atom. The van der Waals surface area contributed by atoms with E-state index in [9.17, 15) is 4.79 Å². The maximum Gasteiger partial charge on any atom is 0.407 e. The van der Waals surface area contributed by atoms with E-state index in [1.54, 1.807) is 0 Å². The molecule has 0 aliphatic carbocycles. The standard InChI is InChI=1S/C10H19NO2.C3H8/c1-3-5-8(4-2)6-9-7-13-10(12)11-9;1-3-2/h8-9H,3-7H2,1-2H3,(H,11,12);3H2,1-2H3. The third-order valence-corrected chi connectivity index (χ3v) is 2.63. The highest BCUT2D eigenvalue weighted by molar-refractivity contribution is 5.69. The summed E-state index contributed by atoms with van der Waals surface area (Å²) >= 11 is 0. The van der Waals surface area contributed by atoms with Gasteiger partial charge in [0, 0.05) is 0 Å². The monoisotopic (exact) mass is 229 g/mol. The van der Waals surface area contributed by atoms with Crippen molar-refractivity contribution < 1.29 is 9.53 Å². The molecule has 2 unspecified atom stereocenters. The van der Waals surface area contributed by atoms with E-state index < -0.39 is 0 Å².